The van der Waals surface area contributed by atoms with Crippen molar-refractivity contribution >= 4 is 29.3 Å². The SMILES string of the molecule is CC(C)(CC(=O)O)NC(=O)Nc1c(F)cccc1Cl. The zero-order valence-electron chi connectivity index (χ0n) is 10.5. The predicted octanol–water partition coefficient (Wildman–Crippen LogP) is 2.85. The average molecular weight is 289 g/mol. The number of urea groups is 1. The lowest BCUT2D eigenvalue weighted by Gasteiger charge is -2.24. The van der Waals surface area contributed by atoms with E-state index in [2.05, 4.69) is 10.6 Å². The second-order valence-corrected chi connectivity index (χ2v) is 5.04. The highest BCUT2D eigenvalue weighted by molar-refractivity contribution is 6.33. The van der Waals surface area contributed by atoms with Gasteiger partial charge < -0.3 is 15.7 Å². The topological polar surface area (TPSA) is 78.4 Å². The highest BCUT2D eigenvalue weighted by Crippen LogP contribution is 2.24. The van der Waals surface area contributed by atoms with Crippen LogP contribution in [0.15, 0.2) is 18.2 Å². The van der Waals surface area contributed by atoms with Gasteiger partial charge >= 0.3 is 12.0 Å². The normalized spacial score (nSPS) is 10.9. The molecule has 0 atom stereocenters. The average Bonchev–Trinajstić information content (AvgIpc) is 2.20. The number of amides is 2. The number of anilines is 1. The van der Waals surface area contributed by atoms with Crippen LogP contribution < -0.4 is 10.6 Å². The molecule has 0 saturated carbocycles. The van der Waals surface area contributed by atoms with Crippen LogP contribution in [0.1, 0.15) is 20.3 Å². The van der Waals surface area contributed by atoms with Crippen molar-refractivity contribution in [1.29, 1.82) is 0 Å². The molecule has 0 fully saturated rings. The van der Waals surface area contributed by atoms with E-state index in [0.717, 1.165) is 6.07 Å². The lowest BCUT2D eigenvalue weighted by Crippen LogP contribution is -2.47. The first-order chi connectivity index (χ1) is 8.71. The third kappa shape index (κ3) is 4.75. The molecule has 0 bridgehead atoms. The summed E-state index contributed by atoms with van der Waals surface area (Å²) in [5, 5.41) is 13.4. The molecule has 0 aliphatic carbocycles. The van der Waals surface area contributed by atoms with Gasteiger partial charge in [0, 0.05) is 5.54 Å². The largest absolute Gasteiger partial charge is 0.481 e. The van der Waals surface area contributed by atoms with Crippen molar-refractivity contribution in [3.63, 3.8) is 0 Å². The molecule has 0 heterocycles. The predicted molar refractivity (Wildman–Crippen MR) is 69.9 cm³/mol. The zero-order chi connectivity index (χ0) is 14.6. The Hall–Kier alpha value is -1.82. The first-order valence-corrected chi connectivity index (χ1v) is 5.84. The van der Waals surface area contributed by atoms with Crippen LogP contribution >= 0.6 is 11.6 Å². The molecule has 1 aromatic carbocycles. The van der Waals surface area contributed by atoms with Crippen molar-refractivity contribution in [1.82, 2.24) is 5.32 Å². The molecule has 1 rings (SSSR count). The standard InChI is InChI=1S/C12H14ClFN2O3/c1-12(2,6-9(17)18)16-11(19)15-10-7(13)4-3-5-8(10)14/h3-5H,6H2,1-2H3,(H,17,18)(H2,15,16,19). The third-order valence-corrected chi connectivity index (χ3v) is 2.56. The molecular weight excluding hydrogens is 275 g/mol. The summed E-state index contributed by atoms with van der Waals surface area (Å²) in [5.41, 5.74) is -1.11. The van der Waals surface area contributed by atoms with Gasteiger partial charge in [0.25, 0.3) is 0 Å². The Morgan fingerprint density at radius 2 is 2.05 bits per heavy atom. The van der Waals surface area contributed by atoms with Crippen LogP contribution in [0.3, 0.4) is 0 Å². The van der Waals surface area contributed by atoms with Gasteiger partial charge in [-0.2, -0.15) is 0 Å². The number of carbonyl (C=O) groups excluding carboxylic acids is 1. The Morgan fingerprint density at radius 3 is 2.58 bits per heavy atom. The molecule has 1 aromatic rings. The van der Waals surface area contributed by atoms with Crippen LogP contribution in [0.25, 0.3) is 0 Å². The molecular formula is C12H14ClFN2O3. The van der Waals surface area contributed by atoms with Crippen LogP contribution in [0.5, 0.6) is 0 Å². The van der Waals surface area contributed by atoms with Crippen LogP contribution in [0, 0.1) is 5.82 Å². The Labute approximate surface area is 114 Å². The van der Waals surface area contributed by atoms with Gasteiger partial charge in [0.05, 0.1) is 17.1 Å². The summed E-state index contributed by atoms with van der Waals surface area (Å²) in [6.07, 6.45) is -0.259. The summed E-state index contributed by atoms with van der Waals surface area (Å²) in [4.78, 5) is 22.3. The number of hydrogen-bond donors (Lipinski definition) is 3. The minimum atomic E-state index is -1.05. The number of rotatable bonds is 4. The van der Waals surface area contributed by atoms with E-state index in [1.54, 1.807) is 13.8 Å². The van der Waals surface area contributed by atoms with Crippen LogP contribution in [0.2, 0.25) is 5.02 Å². The molecule has 104 valence electrons. The van der Waals surface area contributed by atoms with Gasteiger partial charge in [0.2, 0.25) is 0 Å². The molecule has 0 radical (unpaired) electrons. The maximum atomic E-state index is 13.4. The molecule has 0 spiro atoms. The molecule has 0 aliphatic rings. The molecule has 7 heteroatoms. The van der Waals surface area contributed by atoms with Gasteiger partial charge in [0.15, 0.2) is 0 Å². The summed E-state index contributed by atoms with van der Waals surface area (Å²) in [7, 11) is 0. The van der Waals surface area contributed by atoms with Crippen molar-refractivity contribution in [2.45, 2.75) is 25.8 Å². The van der Waals surface area contributed by atoms with Crippen molar-refractivity contribution in [3.8, 4) is 0 Å². The fraction of sp³-hybridized carbons (Fsp3) is 0.333. The monoisotopic (exact) mass is 288 g/mol. The van der Waals surface area contributed by atoms with Crippen molar-refractivity contribution in [2.75, 3.05) is 5.32 Å². The maximum absolute atomic E-state index is 13.4. The van der Waals surface area contributed by atoms with Crippen molar-refractivity contribution in [3.05, 3.63) is 29.0 Å². The molecule has 5 nitrogen and oxygen atoms in total. The Balaban J connectivity index is 2.73. The number of carboxylic acid groups (broad SMARTS) is 1. The van der Waals surface area contributed by atoms with Crippen molar-refractivity contribution < 1.29 is 19.1 Å². The van der Waals surface area contributed by atoms with Crippen LogP contribution in [-0.4, -0.2) is 22.6 Å². The highest BCUT2D eigenvalue weighted by Gasteiger charge is 2.24. The van der Waals surface area contributed by atoms with Crippen LogP contribution in [-0.2, 0) is 4.79 Å². The van der Waals surface area contributed by atoms with E-state index in [-0.39, 0.29) is 17.1 Å². The second kappa shape index (κ2) is 5.88. The number of para-hydroxylation sites is 1. The number of halogens is 2. The second-order valence-electron chi connectivity index (χ2n) is 4.63. The van der Waals surface area contributed by atoms with Gasteiger partial charge in [-0.25, -0.2) is 9.18 Å². The van der Waals surface area contributed by atoms with Crippen molar-refractivity contribution in [2.24, 2.45) is 0 Å². The number of nitrogens with one attached hydrogen (secondary N) is 2. The maximum Gasteiger partial charge on any atom is 0.319 e. The minimum Gasteiger partial charge on any atom is -0.481 e. The molecule has 2 amide bonds. The summed E-state index contributed by atoms with van der Waals surface area (Å²) >= 11 is 5.75. The summed E-state index contributed by atoms with van der Waals surface area (Å²) < 4.78 is 13.4. The van der Waals surface area contributed by atoms with E-state index >= 15 is 0 Å². The number of carbonyl (C=O) groups is 2. The van der Waals surface area contributed by atoms with Gasteiger partial charge in [-0.05, 0) is 26.0 Å². The molecule has 0 unspecified atom stereocenters. The fourth-order valence-electron chi connectivity index (χ4n) is 1.49. The van der Waals surface area contributed by atoms with Gasteiger partial charge in [-0.3, -0.25) is 4.79 Å². The lowest BCUT2D eigenvalue weighted by atomic mass is 10.0. The summed E-state index contributed by atoms with van der Waals surface area (Å²) in [5.74, 6) is -1.71. The molecule has 0 saturated heterocycles. The van der Waals surface area contributed by atoms with E-state index in [0.29, 0.717) is 0 Å². The molecule has 3 N–H and O–H groups in total. The van der Waals surface area contributed by atoms with E-state index in [1.807, 2.05) is 0 Å². The Kier molecular flexibility index (Phi) is 4.72. The van der Waals surface area contributed by atoms with Gasteiger partial charge in [-0.1, -0.05) is 17.7 Å². The zero-order valence-corrected chi connectivity index (χ0v) is 11.2. The van der Waals surface area contributed by atoms with E-state index in [1.165, 1.54) is 12.1 Å². The Morgan fingerprint density at radius 1 is 1.42 bits per heavy atom. The van der Waals surface area contributed by atoms with Gasteiger partial charge in [0.1, 0.15) is 5.82 Å². The fourth-order valence-corrected chi connectivity index (χ4v) is 1.70. The third-order valence-electron chi connectivity index (χ3n) is 2.25. The first kappa shape index (κ1) is 15.2. The van der Waals surface area contributed by atoms with E-state index in [9.17, 15) is 14.0 Å². The molecule has 0 aromatic heterocycles. The summed E-state index contributed by atoms with van der Waals surface area (Å²) in [6, 6.07) is 3.28. The smallest absolute Gasteiger partial charge is 0.319 e. The number of carboxylic acids is 1. The number of hydrogen-bond acceptors (Lipinski definition) is 2. The number of benzene rings is 1. The van der Waals surface area contributed by atoms with E-state index in [4.69, 9.17) is 16.7 Å². The summed E-state index contributed by atoms with van der Waals surface area (Å²) in [6.45, 7) is 3.09. The Bertz CT molecular complexity index is 485. The van der Waals surface area contributed by atoms with E-state index < -0.39 is 23.4 Å². The highest BCUT2D eigenvalue weighted by atomic mass is 35.5. The molecule has 19 heavy (non-hydrogen) atoms. The lowest BCUT2D eigenvalue weighted by molar-refractivity contribution is -0.138. The van der Waals surface area contributed by atoms with Crippen LogP contribution in [0.4, 0.5) is 14.9 Å². The van der Waals surface area contributed by atoms with Gasteiger partial charge in [-0.15, -0.1) is 0 Å². The molecule has 0 aliphatic heterocycles. The first-order valence-electron chi connectivity index (χ1n) is 5.46. The number of aliphatic carboxylic acids is 1. The quantitative estimate of drug-likeness (QED) is 0.797. The minimum absolute atomic E-state index is 0.0613.